The molecule has 0 radical (unpaired) electrons. The highest BCUT2D eigenvalue weighted by Crippen LogP contribution is 2.23. The second-order valence-electron chi connectivity index (χ2n) is 4.96. The Morgan fingerprint density at radius 2 is 2.15 bits per heavy atom. The average Bonchev–Trinajstić information content (AvgIpc) is 3.05. The number of nitrogens with zero attached hydrogens (tertiary/aromatic N) is 3. The molecule has 104 valence electrons. The molecule has 3 rings (SSSR count). The molecule has 2 aromatic rings. The van der Waals surface area contributed by atoms with Gasteiger partial charge in [-0.2, -0.15) is 0 Å². The lowest BCUT2D eigenvalue weighted by Gasteiger charge is -2.06. The minimum atomic E-state index is -1.24. The first-order valence-electron chi connectivity index (χ1n) is 6.51. The maximum Gasteiger partial charge on any atom is 0.221 e. The van der Waals surface area contributed by atoms with Gasteiger partial charge in [-0.25, -0.2) is 0 Å². The number of Topliss-reactive ketones (excluding diaryl/α,β-unsaturated/α-hetero) is 1. The van der Waals surface area contributed by atoms with Crippen LogP contribution in [0.5, 0.6) is 0 Å². The van der Waals surface area contributed by atoms with E-state index >= 15 is 0 Å². The summed E-state index contributed by atoms with van der Waals surface area (Å²) in [5.74, 6) is -0.00815. The smallest absolute Gasteiger partial charge is 0.221 e. The number of ketones is 1. The number of carbonyl (C=O) groups is 1. The van der Waals surface area contributed by atoms with Gasteiger partial charge in [0.25, 0.3) is 0 Å². The molecule has 0 aliphatic heterocycles. The van der Waals surface area contributed by atoms with Gasteiger partial charge in [0.15, 0.2) is 5.78 Å². The highest BCUT2D eigenvalue weighted by molar-refractivity contribution is 7.84. The summed E-state index contributed by atoms with van der Waals surface area (Å²) in [6.07, 6.45) is 6.29. The van der Waals surface area contributed by atoms with Crippen molar-refractivity contribution in [2.75, 3.05) is 6.26 Å². The first-order valence-corrected chi connectivity index (χ1v) is 8.07. The van der Waals surface area contributed by atoms with Crippen molar-refractivity contribution < 1.29 is 9.00 Å². The fraction of sp³-hybridized carbons (Fsp3) is 0.357. The van der Waals surface area contributed by atoms with E-state index in [-0.39, 0.29) is 12.3 Å². The number of aromatic nitrogens is 3. The maximum absolute atomic E-state index is 12.3. The van der Waals surface area contributed by atoms with E-state index in [4.69, 9.17) is 0 Å². The Labute approximate surface area is 119 Å². The molecule has 1 heterocycles. The molecule has 6 heteroatoms. The van der Waals surface area contributed by atoms with Gasteiger partial charge in [0, 0.05) is 11.8 Å². The molecule has 1 aromatic carbocycles. The van der Waals surface area contributed by atoms with Crippen LogP contribution in [0.1, 0.15) is 27.9 Å². The van der Waals surface area contributed by atoms with Gasteiger partial charge < -0.3 is 0 Å². The first-order chi connectivity index (χ1) is 9.65. The molecule has 0 unspecified atom stereocenters. The molecule has 1 atom stereocenters. The van der Waals surface area contributed by atoms with Crippen molar-refractivity contribution in [1.29, 1.82) is 0 Å². The van der Waals surface area contributed by atoms with Crippen LogP contribution >= 0.6 is 0 Å². The van der Waals surface area contributed by atoms with Crippen molar-refractivity contribution in [2.45, 2.75) is 31.0 Å². The summed E-state index contributed by atoms with van der Waals surface area (Å²) in [6, 6.07) is 5.90. The number of aryl methyl sites for hydroxylation is 2. The second kappa shape index (κ2) is 5.28. The number of rotatable bonds is 4. The Kier molecular flexibility index (Phi) is 3.48. The van der Waals surface area contributed by atoms with Crippen molar-refractivity contribution in [1.82, 2.24) is 14.8 Å². The molecule has 0 amide bonds. The monoisotopic (exact) mass is 289 g/mol. The first kappa shape index (κ1) is 13.2. The van der Waals surface area contributed by atoms with Gasteiger partial charge in [-0.05, 0) is 36.5 Å². The number of carbonyl (C=O) groups excluding carboxylic acids is 1. The number of hydrogen-bond acceptors (Lipinski definition) is 4. The predicted molar refractivity (Wildman–Crippen MR) is 75.2 cm³/mol. The fourth-order valence-electron chi connectivity index (χ4n) is 2.57. The molecule has 0 fully saturated rings. The lowest BCUT2D eigenvalue weighted by molar-refractivity contribution is 0.0969. The van der Waals surface area contributed by atoms with Crippen LogP contribution in [0.2, 0.25) is 0 Å². The molecule has 0 bridgehead atoms. The van der Waals surface area contributed by atoms with E-state index < -0.39 is 10.8 Å². The van der Waals surface area contributed by atoms with Crippen LogP contribution in [0.15, 0.2) is 29.7 Å². The van der Waals surface area contributed by atoms with Gasteiger partial charge in [-0.3, -0.25) is 13.6 Å². The minimum Gasteiger partial charge on any atom is -0.299 e. The van der Waals surface area contributed by atoms with E-state index in [1.807, 2.05) is 18.2 Å². The van der Waals surface area contributed by atoms with E-state index in [9.17, 15) is 9.00 Å². The Bertz CT molecular complexity index is 693. The molecule has 0 saturated carbocycles. The molecule has 0 saturated heterocycles. The summed E-state index contributed by atoms with van der Waals surface area (Å²) in [6.45, 7) is 0.126. The van der Waals surface area contributed by atoms with Crippen molar-refractivity contribution in [2.24, 2.45) is 0 Å². The van der Waals surface area contributed by atoms with Gasteiger partial charge in [0.2, 0.25) is 5.16 Å². The van der Waals surface area contributed by atoms with E-state index in [1.54, 1.807) is 4.57 Å². The Morgan fingerprint density at radius 1 is 1.35 bits per heavy atom. The minimum absolute atomic E-state index is 0.00815. The number of fused-ring (bicyclic) bond motifs is 1. The highest BCUT2D eigenvalue weighted by atomic mass is 32.2. The standard InChI is InChI=1S/C14H15N3O2S/c1-20(19)14-16-15-9-17(14)8-13(18)12-6-5-10-3-2-4-11(10)7-12/h5-7,9H,2-4,8H2,1H3/t20-/m1/s1. The van der Waals surface area contributed by atoms with Crippen LogP contribution in [0.3, 0.4) is 0 Å². The summed E-state index contributed by atoms with van der Waals surface area (Å²) >= 11 is 0. The largest absolute Gasteiger partial charge is 0.299 e. The topological polar surface area (TPSA) is 64.8 Å². The van der Waals surface area contributed by atoms with Crippen LogP contribution in [-0.2, 0) is 30.2 Å². The summed E-state index contributed by atoms with van der Waals surface area (Å²) in [7, 11) is -1.24. The second-order valence-corrected chi connectivity index (χ2v) is 6.23. The summed E-state index contributed by atoms with van der Waals surface area (Å²) < 4.78 is 13.0. The molecule has 5 nitrogen and oxygen atoms in total. The zero-order chi connectivity index (χ0) is 14.1. The molecular formula is C14H15N3O2S. The maximum atomic E-state index is 12.3. The zero-order valence-corrected chi connectivity index (χ0v) is 12.0. The van der Waals surface area contributed by atoms with Crippen molar-refractivity contribution >= 4 is 16.6 Å². The number of hydrogen-bond donors (Lipinski definition) is 0. The summed E-state index contributed by atoms with van der Waals surface area (Å²) in [5, 5.41) is 7.83. The highest BCUT2D eigenvalue weighted by Gasteiger charge is 2.16. The summed E-state index contributed by atoms with van der Waals surface area (Å²) in [4.78, 5) is 12.3. The third-order valence-electron chi connectivity index (χ3n) is 3.57. The zero-order valence-electron chi connectivity index (χ0n) is 11.2. The van der Waals surface area contributed by atoms with Crippen molar-refractivity contribution in [3.63, 3.8) is 0 Å². The Balaban J connectivity index is 1.83. The number of benzene rings is 1. The molecule has 20 heavy (non-hydrogen) atoms. The molecule has 1 aromatic heterocycles. The third-order valence-corrected chi connectivity index (χ3v) is 4.40. The lowest BCUT2D eigenvalue weighted by atomic mass is 10.0. The molecule has 1 aliphatic carbocycles. The van der Waals surface area contributed by atoms with E-state index in [1.165, 1.54) is 23.7 Å². The normalized spacial score (nSPS) is 15.1. The van der Waals surface area contributed by atoms with Gasteiger partial charge >= 0.3 is 0 Å². The van der Waals surface area contributed by atoms with Gasteiger partial charge in [0.1, 0.15) is 6.33 Å². The quantitative estimate of drug-likeness (QED) is 0.798. The Hall–Kier alpha value is -1.82. The van der Waals surface area contributed by atoms with Crippen LogP contribution in [0.25, 0.3) is 0 Å². The molecule has 1 aliphatic rings. The fourth-order valence-corrected chi connectivity index (χ4v) is 3.17. The van der Waals surface area contributed by atoms with Gasteiger partial charge in [-0.1, -0.05) is 12.1 Å². The van der Waals surface area contributed by atoms with Crippen molar-refractivity contribution in [3.05, 3.63) is 41.2 Å². The summed E-state index contributed by atoms with van der Waals surface area (Å²) in [5.41, 5.74) is 3.33. The van der Waals surface area contributed by atoms with E-state index in [0.717, 1.165) is 19.3 Å². The predicted octanol–water partition coefficient (Wildman–Crippen LogP) is 1.39. The third kappa shape index (κ3) is 2.43. The average molecular weight is 289 g/mol. The van der Waals surface area contributed by atoms with Crippen LogP contribution in [0, 0.1) is 0 Å². The molecule has 0 spiro atoms. The van der Waals surface area contributed by atoms with Gasteiger partial charge in [0.05, 0.1) is 17.3 Å². The van der Waals surface area contributed by atoms with E-state index in [2.05, 4.69) is 10.2 Å². The van der Waals surface area contributed by atoms with Crippen LogP contribution < -0.4 is 0 Å². The van der Waals surface area contributed by atoms with Crippen LogP contribution in [0.4, 0.5) is 0 Å². The lowest BCUT2D eigenvalue weighted by Crippen LogP contribution is -2.13. The van der Waals surface area contributed by atoms with Crippen LogP contribution in [-0.4, -0.2) is 31.0 Å². The Morgan fingerprint density at radius 3 is 2.95 bits per heavy atom. The SMILES string of the molecule is C[S@@](=O)c1nncn1CC(=O)c1ccc2c(c1)CCC2. The van der Waals surface area contributed by atoms with E-state index in [0.29, 0.717) is 10.7 Å². The van der Waals surface area contributed by atoms with Gasteiger partial charge in [-0.15, -0.1) is 10.2 Å². The van der Waals surface area contributed by atoms with Crippen molar-refractivity contribution in [3.8, 4) is 0 Å². The molecule has 0 N–H and O–H groups in total. The molecular weight excluding hydrogens is 274 g/mol.